The normalized spacial score (nSPS) is 33.5. The van der Waals surface area contributed by atoms with E-state index in [-0.39, 0.29) is 42.4 Å². The number of aromatic hydroxyl groups is 1. The van der Waals surface area contributed by atoms with Crippen molar-refractivity contribution in [2.24, 2.45) is 17.3 Å². The molecule has 10 heteroatoms. The van der Waals surface area contributed by atoms with E-state index in [4.69, 9.17) is 4.74 Å². The van der Waals surface area contributed by atoms with Gasteiger partial charge in [0.05, 0.1) is 0 Å². The van der Waals surface area contributed by atoms with Gasteiger partial charge in [0.1, 0.15) is 16.9 Å². The number of esters is 1. The topological polar surface area (TPSA) is 121 Å². The fraction of sp³-hybridized carbons (Fsp3) is 0.579. The number of carbonyl (C=O) groups is 2. The molecule has 1 aromatic carbocycles. The van der Waals surface area contributed by atoms with Crippen LogP contribution >= 0.6 is 0 Å². The molecule has 0 saturated heterocycles. The number of halogens is 2. The molecule has 1 N–H and O–H groups in total. The number of carbonyl (C=O) groups excluding carboxylic acids is 2. The molecule has 1 aromatic rings. The van der Waals surface area contributed by atoms with E-state index in [2.05, 4.69) is 0 Å². The van der Waals surface area contributed by atoms with Gasteiger partial charge >= 0.3 is 11.2 Å². The lowest BCUT2D eigenvalue weighted by Gasteiger charge is -2.60. The highest BCUT2D eigenvalue weighted by molar-refractivity contribution is 7.87. The lowest BCUT2D eigenvalue weighted by Crippen LogP contribution is -2.62. The first-order chi connectivity index (χ1) is 13.4. The number of phenolic OH excluding ortho intramolecular Hbond substituents is 1. The van der Waals surface area contributed by atoms with Crippen LogP contribution in [-0.2, 0) is 19.6 Å². The van der Waals surface area contributed by atoms with Gasteiger partial charge in [0, 0.05) is 11.8 Å². The van der Waals surface area contributed by atoms with Crippen molar-refractivity contribution < 1.29 is 41.2 Å². The molecule has 7 nitrogen and oxygen atoms in total. The highest BCUT2D eigenvalue weighted by Crippen LogP contribution is 2.64. The van der Waals surface area contributed by atoms with Gasteiger partial charge in [-0.2, -0.15) is 8.78 Å². The lowest BCUT2D eigenvalue weighted by atomic mass is 9.47. The van der Waals surface area contributed by atoms with E-state index >= 15 is 0 Å². The third-order valence-corrected chi connectivity index (χ3v) is 7.31. The van der Waals surface area contributed by atoms with Gasteiger partial charge in [-0.3, -0.25) is 4.79 Å². The van der Waals surface area contributed by atoms with Crippen LogP contribution in [0.3, 0.4) is 0 Å². The minimum atomic E-state index is -6.16. The molecule has 2 atom stereocenters. The van der Waals surface area contributed by atoms with Crippen molar-refractivity contribution in [3.05, 3.63) is 29.8 Å². The van der Waals surface area contributed by atoms with Gasteiger partial charge < -0.3 is 14.4 Å². The summed E-state index contributed by atoms with van der Waals surface area (Å²) in [6, 6.07) is 5.72. The van der Waals surface area contributed by atoms with Crippen LogP contribution < -0.4 is 0 Å². The van der Waals surface area contributed by atoms with E-state index in [9.17, 15) is 36.4 Å². The first-order valence-corrected chi connectivity index (χ1v) is 10.7. The van der Waals surface area contributed by atoms with Crippen LogP contribution in [0, 0.1) is 17.3 Å². The minimum absolute atomic E-state index is 0.0450. The molecule has 0 heterocycles. The van der Waals surface area contributed by atoms with Crippen LogP contribution in [-0.4, -0.2) is 40.7 Å². The van der Waals surface area contributed by atoms with Gasteiger partial charge in [0.25, 0.3) is 0 Å². The molecule has 29 heavy (non-hydrogen) atoms. The van der Waals surface area contributed by atoms with Gasteiger partial charge in [0.15, 0.2) is 10.1 Å². The summed E-state index contributed by atoms with van der Waals surface area (Å²) in [5.41, 5.74) is -3.01. The summed E-state index contributed by atoms with van der Waals surface area (Å²) in [4.78, 5) is 25.2. The van der Waals surface area contributed by atoms with Gasteiger partial charge in [0.2, 0.25) is 5.78 Å². The molecule has 4 fully saturated rings. The summed E-state index contributed by atoms with van der Waals surface area (Å²) in [5, 5.41) is 4.85. The Morgan fingerprint density at radius 3 is 2.28 bits per heavy atom. The standard InChI is InChI=1S/C19H20F2O7S/c20-19(21,29(25,26)27)16(24)17-6-11-5-12(7-17)9-18(8-11,10-17)28-15(23)13-3-1-2-4-14(13)22/h1-4,11-12,22H,5-10H2,(H,25,26,27)/p-1. The maximum Gasteiger partial charge on any atom is 0.392 e. The van der Waals surface area contributed by atoms with Crippen molar-refractivity contribution in [3.63, 3.8) is 0 Å². The van der Waals surface area contributed by atoms with E-state index in [0.717, 1.165) is 0 Å². The SMILES string of the molecule is O=C(OC12CC3CC(C1)CC(C(=O)C(F)(F)S(=O)(=O)[O-])(C3)C2)c1ccccc1O. The highest BCUT2D eigenvalue weighted by Gasteiger charge is 2.67. The Labute approximate surface area is 165 Å². The molecule has 0 amide bonds. The second-order valence-electron chi connectivity index (χ2n) is 8.63. The Bertz CT molecular complexity index is 974. The lowest BCUT2D eigenvalue weighted by molar-refractivity contribution is -0.187. The molecule has 4 saturated carbocycles. The number of alkyl halides is 2. The van der Waals surface area contributed by atoms with Gasteiger partial charge in [-0.15, -0.1) is 0 Å². The smallest absolute Gasteiger partial charge is 0.392 e. The van der Waals surface area contributed by atoms with Crippen molar-refractivity contribution in [3.8, 4) is 5.75 Å². The van der Waals surface area contributed by atoms with Crippen LogP contribution in [0.15, 0.2) is 24.3 Å². The predicted octanol–water partition coefficient (Wildman–Crippen LogP) is 2.60. The number of para-hydroxylation sites is 1. The molecule has 4 bridgehead atoms. The molecule has 0 aromatic heterocycles. The first-order valence-electron chi connectivity index (χ1n) is 9.27. The van der Waals surface area contributed by atoms with E-state index in [1.54, 1.807) is 0 Å². The van der Waals surface area contributed by atoms with E-state index in [0.29, 0.717) is 19.3 Å². The average molecular weight is 429 g/mol. The van der Waals surface area contributed by atoms with Gasteiger partial charge in [-0.25, -0.2) is 13.2 Å². The molecule has 5 rings (SSSR count). The van der Waals surface area contributed by atoms with Crippen LogP contribution in [0.4, 0.5) is 8.78 Å². The number of rotatable bonds is 5. The second kappa shape index (κ2) is 6.21. The Morgan fingerprint density at radius 1 is 1.14 bits per heavy atom. The maximum atomic E-state index is 14.1. The molecule has 158 valence electrons. The number of hydrogen-bond donors (Lipinski definition) is 1. The summed E-state index contributed by atoms with van der Waals surface area (Å²) in [6.07, 6.45) is 1.24. The summed E-state index contributed by atoms with van der Waals surface area (Å²) < 4.78 is 67.0. The summed E-state index contributed by atoms with van der Waals surface area (Å²) in [5.74, 6) is -3.41. The van der Waals surface area contributed by atoms with Crippen molar-refractivity contribution in [1.82, 2.24) is 0 Å². The third-order valence-electron chi connectivity index (χ3n) is 6.50. The Kier molecular flexibility index (Phi) is 4.33. The first kappa shape index (κ1) is 20.2. The van der Waals surface area contributed by atoms with E-state index in [1.807, 2.05) is 0 Å². The Morgan fingerprint density at radius 2 is 1.72 bits per heavy atom. The fourth-order valence-electron chi connectivity index (χ4n) is 5.88. The summed E-state index contributed by atoms with van der Waals surface area (Å²) in [6.45, 7) is 0. The van der Waals surface area contributed by atoms with E-state index < -0.39 is 38.1 Å². The minimum Gasteiger partial charge on any atom is -0.743 e. The fourth-order valence-corrected chi connectivity index (χ4v) is 6.33. The van der Waals surface area contributed by atoms with Crippen LogP contribution in [0.1, 0.15) is 48.9 Å². The number of phenols is 1. The summed E-state index contributed by atoms with van der Waals surface area (Å²) >= 11 is 0. The van der Waals surface area contributed by atoms with Crippen molar-refractivity contribution >= 4 is 21.9 Å². The molecule has 4 aliphatic carbocycles. The molecule has 0 aliphatic heterocycles. The monoisotopic (exact) mass is 429 g/mol. The Balaban J connectivity index is 1.67. The number of benzene rings is 1. The van der Waals surface area contributed by atoms with Crippen molar-refractivity contribution in [1.29, 1.82) is 0 Å². The number of ketones is 1. The largest absolute Gasteiger partial charge is 0.743 e. The molecule has 4 aliphatic rings. The van der Waals surface area contributed by atoms with Gasteiger partial charge in [-0.05, 0) is 56.1 Å². The Hall–Kier alpha value is -2.07. The van der Waals surface area contributed by atoms with E-state index in [1.165, 1.54) is 24.3 Å². The predicted molar refractivity (Wildman–Crippen MR) is 93.0 cm³/mol. The zero-order valence-corrected chi connectivity index (χ0v) is 16.1. The average Bonchev–Trinajstić information content (AvgIpc) is 2.58. The number of ether oxygens (including phenoxy) is 1. The molecule has 2 unspecified atom stereocenters. The van der Waals surface area contributed by atoms with Crippen molar-refractivity contribution in [2.45, 2.75) is 49.4 Å². The van der Waals surface area contributed by atoms with Crippen molar-refractivity contribution in [2.75, 3.05) is 0 Å². The zero-order chi connectivity index (χ0) is 21.2. The third kappa shape index (κ3) is 3.13. The summed E-state index contributed by atoms with van der Waals surface area (Å²) in [7, 11) is -6.16. The quantitative estimate of drug-likeness (QED) is 0.564. The van der Waals surface area contributed by atoms with Crippen LogP contribution in [0.5, 0.6) is 5.75 Å². The van der Waals surface area contributed by atoms with Crippen LogP contribution in [0.2, 0.25) is 0 Å². The van der Waals surface area contributed by atoms with Gasteiger partial charge in [-0.1, -0.05) is 12.1 Å². The maximum absolute atomic E-state index is 14.1. The molecule has 0 radical (unpaired) electrons. The zero-order valence-electron chi connectivity index (χ0n) is 15.3. The number of Topliss-reactive ketones (excluding diaryl/α,β-unsaturated/α-hetero) is 1. The number of hydrogen-bond acceptors (Lipinski definition) is 7. The molecule has 0 spiro atoms. The highest BCUT2D eigenvalue weighted by atomic mass is 32.2. The van der Waals surface area contributed by atoms with Crippen LogP contribution in [0.25, 0.3) is 0 Å². The second-order valence-corrected chi connectivity index (χ2v) is 10.1. The molecular weight excluding hydrogens is 410 g/mol. The molecular formula is C19H19F2O7S-.